The Balaban J connectivity index is 1.44. The summed E-state index contributed by atoms with van der Waals surface area (Å²) < 4.78 is 15.7. The number of carbonyl (C=O) groups is 1. The summed E-state index contributed by atoms with van der Waals surface area (Å²) in [6.07, 6.45) is 12.8. The minimum absolute atomic E-state index is 0.0968. The van der Waals surface area contributed by atoms with Crippen LogP contribution in [0.15, 0.2) is 72.1 Å². The topological polar surface area (TPSA) is 72.2 Å². The Morgan fingerprint density at radius 2 is 2.00 bits per heavy atom. The molecule has 3 aromatic rings. The first-order chi connectivity index (χ1) is 15.5. The van der Waals surface area contributed by atoms with E-state index in [1.54, 1.807) is 13.3 Å². The summed E-state index contributed by atoms with van der Waals surface area (Å²) in [6.45, 7) is 5.53. The quantitative estimate of drug-likeness (QED) is 0.634. The van der Waals surface area contributed by atoms with Gasteiger partial charge in [0.15, 0.2) is 0 Å². The fraction of sp³-hybridized carbons (Fsp3) is 0.200. The van der Waals surface area contributed by atoms with Crippen LogP contribution >= 0.6 is 0 Å². The number of benzene rings is 1. The highest BCUT2D eigenvalue weighted by Gasteiger charge is 2.19. The Bertz CT molecular complexity index is 1240. The van der Waals surface area contributed by atoms with Crippen molar-refractivity contribution >= 4 is 17.7 Å². The molecular formula is C25H24FN5O. The molecule has 0 bridgehead atoms. The van der Waals surface area contributed by atoms with E-state index in [4.69, 9.17) is 0 Å². The van der Waals surface area contributed by atoms with Crippen molar-refractivity contribution in [3.05, 3.63) is 95.4 Å². The molecule has 162 valence electrons. The number of hydrogen-bond acceptors (Lipinski definition) is 4. The van der Waals surface area contributed by atoms with Crippen molar-refractivity contribution < 1.29 is 9.18 Å². The molecule has 6 nitrogen and oxygen atoms in total. The van der Waals surface area contributed by atoms with Gasteiger partial charge < -0.3 is 9.88 Å². The van der Waals surface area contributed by atoms with E-state index in [-0.39, 0.29) is 17.0 Å². The van der Waals surface area contributed by atoms with Gasteiger partial charge >= 0.3 is 0 Å². The first-order valence-corrected chi connectivity index (χ1v) is 10.4. The average Bonchev–Trinajstić information content (AvgIpc) is 3.24. The van der Waals surface area contributed by atoms with Crippen LogP contribution in [-0.2, 0) is 0 Å². The minimum atomic E-state index is -0.509. The van der Waals surface area contributed by atoms with Gasteiger partial charge in [0.1, 0.15) is 11.6 Å². The van der Waals surface area contributed by atoms with Crippen LogP contribution in [0.2, 0.25) is 0 Å². The van der Waals surface area contributed by atoms with E-state index in [1.807, 2.05) is 36.9 Å². The fourth-order valence-corrected chi connectivity index (χ4v) is 3.71. The number of hydrogen-bond donors (Lipinski definition) is 1. The average molecular weight is 429 g/mol. The Morgan fingerprint density at radius 1 is 1.22 bits per heavy atom. The van der Waals surface area contributed by atoms with E-state index >= 15 is 0 Å². The Labute approximate surface area is 186 Å². The van der Waals surface area contributed by atoms with Crippen molar-refractivity contribution in [2.75, 3.05) is 0 Å². The molecule has 1 aliphatic heterocycles. The number of nitrogens with zero attached hydrogens (tertiary/aromatic N) is 4. The lowest BCUT2D eigenvalue weighted by atomic mass is 9.89. The monoisotopic (exact) mass is 429 g/mol. The number of rotatable bonds is 5. The largest absolute Gasteiger partial charge is 0.307 e. The van der Waals surface area contributed by atoms with E-state index in [0.29, 0.717) is 12.2 Å². The summed E-state index contributed by atoms with van der Waals surface area (Å²) in [5.41, 5.74) is 4.77. The number of pyridine rings is 1. The Kier molecular flexibility index (Phi) is 6.07. The summed E-state index contributed by atoms with van der Waals surface area (Å²) in [5, 5.41) is 2.74. The maximum absolute atomic E-state index is 13.7. The SMILES string of the molecule is C/C=C(/c1ccc(-n2cnc(C)c2)cc1)C1C=NC(NC(=O)c2cncc(F)c2C)=CC1. The number of amides is 1. The summed E-state index contributed by atoms with van der Waals surface area (Å²) in [7, 11) is 0. The molecule has 1 aromatic carbocycles. The van der Waals surface area contributed by atoms with E-state index in [2.05, 4.69) is 50.6 Å². The van der Waals surface area contributed by atoms with Crippen molar-refractivity contribution in [2.45, 2.75) is 27.2 Å². The van der Waals surface area contributed by atoms with Crippen LogP contribution in [0.5, 0.6) is 0 Å². The van der Waals surface area contributed by atoms with Crippen LogP contribution in [-0.4, -0.2) is 26.7 Å². The maximum atomic E-state index is 13.7. The van der Waals surface area contributed by atoms with Crippen LogP contribution in [0.3, 0.4) is 0 Å². The molecule has 7 heteroatoms. The molecular weight excluding hydrogens is 405 g/mol. The molecule has 0 saturated carbocycles. The zero-order valence-electron chi connectivity index (χ0n) is 18.2. The maximum Gasteiger partial charge on any atom is 0.258 e. The molecule has 1 N–H and O–H groups in total. The third-order valence-electron chi connectivity index (χ3n) is 5.52. The molecule has 1 atom stereocenters. The highest BCUT2D eigenvalue weighted by atomic mass is 19.1. The lowest BCUT2D eigenvalue weighted by molar-refractivity contribution is 0.0963. The van der Waals surface area contributed by atoms with Gasteiger partial charge in [0.2, 0.25) is 0 Å². The van der Waals surface area contributed by atoms with Gasteiger partial charge in [-0.25, -0.2) is 14.4 Å². The molecule has 0 radical (unpaired) electrons. The Hall–Kier alpha value is -3.87. The third kappa shape index (κ3) is 4.42. The van der Waals surface area contributed by atoms with E-state index in [1.165, 1.54) is 6.20 Å². The molecule has 0 fully saturated rings. The number of aliphatic imine (C=N–C) groups is 1. The number of aromatic nitrogens is 3. The summed E-state index contributed by atoms with van der Waals surface area (Å²) in [5.74, 6) is -0.380. The predicted octanol–water partition coefficient (Wildman–Crippen LogP) is 4.79. The number of nitrogens with one attached hydrogen (secondary N) is 1. The molecule has 1 amide bonds. The summed E-state index contributed by atoms with van der Waals surface area (Å²) in [4.78, 5) is 24.9. The van der Waals surface area contributed by atoms with Crippen molar-refractivity contribution in [1.29, 1.82) is 0 Å². The van der Waals surface area contributed by atoms with Crippen LogP contribution in [0, 0.1) is 25.6 Å². The minimum Gasteiger partial charge on any atom is -0.307 e. The molecule has 32 heavy (non-hydrogen) atoms. The second-order valence-electron chi connectivity index (χ2n) is 7.67. The standard InChI is InChI=1S/C25H24FN5O/c1-4-21(18-5-8-20(9-6-18)31-14-16(2)29-15-31)19-7-10-24(28-11-19)30-25(32)22-12-27-13-23(26)17(22)3/h4-6,8-15,19H,7H2,1-3H3,(H,30,32)/b21-4-. The highest BCUT2D eigenvalue weighted by molar-refractivity contribution is 5.96. The van der Waals surface area contributed by atoms with Gasteiger partial charge in [-0.3, -0.25) is 9.78 Å². The van der Waals surface area contributed by atoms with Gasteiger partial charge in [-0.2, -0.15) is 0 Å². The highest BCUT2D eigenvalue weighted by Crippen LogP contribution is 2.28. The number of allylic oxidation sites excluding steroid dienone is 3. The van der Waals surface area contributed by atoms with Gasteiger partial charge in [0.25, 0.3) is 5.91 Å². The first kappa shape index (κ1) is 21.4. The lowest BCUT2D eigenvalue weighted by Gasteiger charge is -2.20. The number of imidazole rings is 1. The lowest BCUT2D eigenvalue weighted by Crippen LogP contribution is -2.25. The summed E-state index contributed by atoms with van der Waals surface area (Å²) >= 11 is 0. The molecule has 4 rings (SSSR count). The number of aryl methyl sites for hydroxylation is 1. The van der Waals surface area contributed by atoms with Crippen LogP contribution in [0.4, 0.5) is 4.39 Å². The molecule has 0 saturated heterocycles. The van der Waals surface area contributed by atoms with Gasteiger partial charge in [0, 0.05) is 35.8 Å². The smallest absolute Gasteiger partial charge is 0.258 e. The normalized spacial score (nSPS) is 16.1. The van der Waals surface area contributed by atoms with Gasteiger partial charge in [-0.05, 0) is 56.5 Å². The van der Waals surface area contributed by atoms with Crippen LogP contribution in [0.1, 0.15) is 40.5 Å². The molecule has 2 aromatic heterocycles. The predicted molar refractivity (Wildman–Crippen MR) is 123 cm³/mol. The molecule has 1 aliphatic rings. The van der Waals surface area contributed by atoms with Crippen molar-refractivity contribution in [2.24, 2.45) is 10.9 Å². The van der Waals surface area contributed by atoms with Gasteiger partial charge in [0.05, 0.1) is 23.8 Å². The number of halogens is 1. The molecule has 1 unspecified atom stereocenters. The second kappa shape index (κ2) is 9.09. The van der Waals surface area contributed by atoms with Crippen molar-refractivity contribution in [3.8, 4) is 5.69 Å². The third-order valence-corrected chi connectivity index (χ3v) is 5.52. The first-order valence-electron chi connectivity index (χ1n) is 10.4. The van der Waals surface area contributed by atoms with Gasteiger partial charge in [-0.15, -0.1) is 0 Å². The zero-order valence-corrected chi connectivity index (χ0v) is 18.2. The zero-order chi connectivity index (χ0) is 22.7. The van der Waals surface area contributed by atoms with E-state index in [9.17, 15) is 9.18 Å². The summed E-state index contributed by atoms with van der Waals surface area (Å²) in [6, 6.07) is 8.32. The van der Waals surface area contributed by atoms with Crippen LogP contribution < -0.4 is 5.32 Å². The van der Waals surface area contributed by atoms with Crippen LogP contribution in [0.25, 0.3) is 11.3 Å². The van der Waals surface area contributed by atoms with Crippen molar-refractivity contribution in [3.63, 3.8) is 0 Å². The van der Waals surface area contributed by atoms with Gasteiger partial charge in [-0.1, -0.05) is 18.2 Å². The second-order valence-corrected chi connectivity index (χ2v) is 7.67. The molecule has 3 heterocycles. The van der Waals surface area contributed by atoms with E-state index < -0.39 is 11.7 Å². The number of carbonyl (C=O) groups excluding carboxylic acids is 1. The molecule has 0 aliphatic carbocycles. The van der Waals surface area contributed by atoms with Crippen molar-refractivity contribution in [1.82, 2.24) is 19.9 Å². The molecule has 0 spiro atoms. The fourth-order valence-electron chi connectivity index (χ4n) is 3.71. The Morgan fingerprint density at radius 3 is 2.62 bits per heavy atom. The van der Waals surface area contributed by atoms with E-state index in [0.717, 1.165) is 28.7 Å².